The summed E-state index contributed by atoms with van der Waals surface area (Å²) in [7, 11) is 0.0374. The molecule has 2 N–H and O–H groups in total. The highest BCUT2D eigenvalue weighted by molar-refractivity contribution is 7.89. The van der Waals surface area contributed by atoms with E-state index < -0.39 is 21.7 Å². The van der Waals surface area contributed by atoms with Crippen molar-refractivity contribution < 1.29 is 23.4 Å². The standard InChI is InChI=1S/C23H34N2O5S/c1-17-14-25(18(2)16-26)31(28,29)22-8-7-19(9-12-23(27)10-5-6-11-23)13-20(22)30-21(17)15-24(3)4/h7-8,13,17-18,21,26-27H,5-6,10-11,14-16H2,1-4H3/t17-,18+,21+/m0/s1. The molecule has 0 amide bonds. The fourth-order valence-corrected chi connectivity index (χ4v) is 5.98. The summed E-state index contributed by atoms with van der Waals surface area (Å²) in [6, 6.07) is 4.28. The lowest BCUT2D eigenvalue weighted by Crippen LogP contribution is -2.49. The van der Waals surface area contributed by atoms with Crippen molar-refractivity contribution in [1.29, 1.82) is 0 Å². The first-order valence-corrected chi connectivity index (χ1v) is 12.3. The Hall–Kier alpha value is -1.63. The molecular weight excluding hydrogens is 416 g/mol. The second-order valence-corrected chi connectivity index (χ2v) is 11.0. The predicted octanol–water partition coefficient (Wildman–Crippen LogP) is 1.67. The minimum absolute atomic E-state index is 0.0774. The Morgan fingerprint density at radius 3 is 2.61 bits per heavy atom. The lowest BCUT2D eigenvalue weighted by atomic mass is 10.0. The molecule has 0 aromatic heterocycles. The zero-order chi connectivity index (χ0) is 22.8. The highest BCUT2D eigenvalue weighted by atomic mass is 32.2. The number of fused-ring (bicyclic) bond motifs is 1. The Morgan fingerprint density at radius 1 is 1.32 bits per heavy atom. The van der Waals surface area contributed by atoms with Crippen LogP contribution in [0.15, 0.2) is 23.1 Å². The van der Waals surface area contributed by atoms with Crippen molar-refractivity contribution in [3.63, 3.8) is 0 Å². The monoisotopic (exact) mass is 450 g/mol. The number of sulfonamides is 1. The van der Waals surface area contributed by atoms with E-state index >= 15 is 0 Å². The van der Waals surface area contributed by atoms with Crippen LogP contribution in [0.3, 0.4) is 0 Å². The summed E-state index contributed by atoms with van der Waals surface area (Å²) in [6.07, 6.45) is 3.00. The van der Waals surface area contributed by atoms with Gasteiger partial charge in [0, 0.05) is 30.6 Å². The molecule has 1 aliphatic heterocycles. The van der Waals surface area contributed by atoms with Gasteiger partial charge in [0.2, 0.25) is 10.0 Å². The molecule has 1 aliphatic carbocycles. The van der Waals surface area contributed by atoms with Crippen LogP contribution in [0.1, 0.15) is 45.1 Å². The van der Waals surface area contributed by atoms with Crippen molar-refractivity contribution in [3.8, 4) is 17.6 Å². The molecule has 1 fully saturated rings. The summed E-state index contributed by atoms with van der Waals surface area (Å²) in [5.41, 5.74) is -0.361. The number of ether oxygens (including phenoxy) is 1. The number of aliphatic hydroxyl groups is 2. The molecule has 172 valence electrons. The van der Waals surface area contributed by atoms with Crippen molar-refractivity contribution in [2.24, 2.45) is 5.92 Å². The van der Waals surface area contributed by atoms with Gasteiger partial charge < -0.3 is 19.8 Å². The molecule has 7 nitrogen and oxygen atoms in total. The molecule has 1 saturated carbocycles. The number of nitrogens with zero attached hydrogens (tertiary/aromatic N) is 2. The molecule has 3 rings (SSSR count). The van der Waals surface area contributed by atoms with Gasteiger partial charge in [-0.2, -0.15) is 4.31 Å². The number of hydrogen-bond acceptors (Lipinski definition) is 6. The van der Waals surface area contributed by atoms with E-state index in [1.54, 1.807) is 19.1 Å². The Labute approximate surface area is 186 Å². The van der Waals surface area contributed by atoms with Crippen LogP contribution in [0, 0.1) is 17.8 Å². The molecular formula is C23H34N2O5S. The Bertz CT molecular complexity index is 944. The third kappa shape index (κ3) is 5.41. The average Bonchev–Trinajstić information content (AvgIpc) is 3.15. The molecule has 1 heterocycles. The van der Waals surface area contributed by atoms with Crippen LogP contribution in [-0.2, 0) is 10.0 Å². The zero-order valence-corrected chi connectivity index (χ0v) is 19.7. The van der Waals surface area contributed by atoms with E-state index in [9.17, 15) is 18.6 Å². The largest absolute Gasteiger partial charge is 0.487 e. The van der Waals surface area contributed by atoms with Crippen molar-refractivity contribution in [2.45, 2.75) is 62.2 Å². The second kappa shape index (κ2) is 9.47. The highest BCUT2D eigenvalue weighted by Gasteiger charge is 2.38. The molecule has 1 aromatic rings. The number of hydrogen-bond donors (Lipinski definition) is 2. The second-order valence-electron chi connectivity index (χ2n) is 9.15. The van der Waals surface area contributed by atoms with Gasteiger partial charge in [0.15, 0.2) is 0 Å². The van der Waals surface area contributed by atoms with Crippen LogP contribution in [-0.4, -0.2) is 79.4 Å². The van der Waals surface area contributed by atoms with Gasteiger partial charge in [-0.1, -0.05) is 18.8 Å². The van der Waals surface area contributed by atoms with Crippen LogP contribution in [0.2, 0.25) is 0 Å². The Kier molecular flexibility index (Phi) is 7.34. The number of aliphatic hydroxyl groups excluding tert-OH is 1. The average molecular weight is 451 g/mol. The van der Waals surface area contributed by atoms with E-state index in [0.717, 1.165) is 12.8 Å². The molecule has 3 atom stereocenters. The summed E-state index contributed by atoms with van der Waals surface area (Å²) in [4.78, 5) is 2.09. The summed E-state index contributed by atoms with van der Waals surface area (Å²) in [5.74, 6) is 6.15. The van der Waals surface area contributed by atoms with E-state index in [1.165, 1.54) is 10.4 Å². The van der Waals surface area contributed by atoms with Crippen LogP contribution in [0.4, 0.5) is 0 Å². The number of benzene rings is 1. The van der Waals surface area contributed by atoms with E-state index in [4.69, 9.17) is 4.74 Å². The molecule has 1 aromatic carbocycles. The third-order valence-corrected chi connectivity index (χ3v) is 8.10. The van der Waals surface area contributed by atoms with E-state index in [2.05, 4.69) is 11.8 Å². The Morgan fingerprint density at radius 2 is 2.00 bits per heavy atom. The number of likely N-dealkylation sites (N-methyl/N-ethyl adjacent to an activating group) is 1. The topological polar surface area (TPSA) is 90.3 Å². The minimum Gasteiger partial charge on any atom is -0.487 e. The van der Waals surface area contributed by atoms with E-state index in [-0.39, 0.29) is 35.8 Å². The molecule has 0 saturated heterocycles. The molecule has 8 heteroatoms. The normalized spacial score (nSPS) is 26.2. The molecule has 31 heavy (non-hydrogen) atoms. The smallest absolute Gasteiger partial charge is 0.247 e. The van der Waals surface area contributed by atoms with Gasteiger partial charge in [-0.25, -0.2) is 8.42 Å². The molecule has 2 aliphatic rings. The van der Waals surface area contributed by atoms with Gasteiger partial charge in [-0.3, -0.25) is 0 Å². The summed E-state index contributed by atoms with van der Waals surface area (Å²) < 4.78 is 34.5. The maximum absolute atomic E-state index is 13.4. The molecule has 0 bridgehead atoms. The third-order valence-electron chi connectivity index (χ3n) is 6.08. The van der Waals surface area contributed by atoms with Crippen molar-refractivity contribution >= 4 is 10.0 Å². The summed E-state index contributed by atoms with van der Waals surface area (Å²) in [5, 5.41) is 20.2. The van der Waals surface area contributed by atoms with Crippen molar-refractivity contribution in [2.75, 3.05) is 33.8 Å². The Balaban J connectivity index is 2.06. The highest BCUT2D eigenvalue weighted by Crippen LogP contribution is 2.34. The van der Waals surface area contributed by atoms with Gasteiger partial charge in [0.05, 0.1) is 6.61 Å². The molecule has 0 unspecified atom stereocenters. The van der Waals surface area contributed by atoms with Crippen LogP contribution >= 0.6 is 0 Å². The minimum atomic E-state index is -3.86. The van der Waals surface area contributed by atoms with Crippen molar-refractivity contribution in [3.05, 3.63) is 23.8 Å². The van der Waals surface area contributed by atoms with Gasteiger partial charge in [-0.15, -0.1) is 0 Å². The number of rotatable bonds is 4. The van der Waals surface area contributed by atoms with E-state index in [1.807, 2.05) is 25.9 Å². The SMILES string of the molecule is C[C@H](CO)N1C[C@H](C)[C@@H](CN(C)C)Oc2cc(C#CC3(O)CCCC3)ccc2S1(=O)=O. The fraction of sp³-hybridized carbons (Fsp3) is 0.652. The zero-order valence-electron chi connectivity index (χ0n) is 18.8. The molecule has 0 spiro atoms. The lowest BCUT2D eigenvalue weighted by molar-refractivity contribution is 0.0812. The fourth-order valence-electron chi connectivity index (χ4n) is 4.15. The van der Waals surface area contributed by atoms with Gasteiger partial charge >= 0.3 is 0 Å². The van der Waals surface area contributed by atoms with Gasteiger partial charge in [-0.05, 0) is 64.9 Å². The summed E-state index contributed by atoms with van der Waals surface area (Å²) in [6.45, 7) is 4.29. The predicted molar refractivity (Wildman–Crippen MR) is 119 cm³/mol. The maximum atomic E-state index is 13.4. The van der Waals surface area contributed by atoms with Crippen LogP contribution < -0.4 is 4.74 Å². The van der Waals surface area contributed by atoms with E-state index in [0.29, 0.717) is 24.9 Å². The lowest BCUT2D eigenvalue weighted by Gasteiger charge is -2.37. The van der Waals surface area contributed by atoms with Crippen LogP contribution in [0.5, 0.6) is 5.75 Å². The van der Waals surface area contributed by atoms with Gasteiger partial charge in [0.1, 0.15) is 22.4 Å². The summed E-state index contributed by atoms with van der Waals surface area (Å²) >= 11 is 0. The van der Waals surface area contributed by atoms with Gasteiger partial charge in [0.25, 0.3) is 0 Å². The first-order valence-electron chi connectivity index (χ1n) is 10.9. The first kappa shape index (κ1) is 24.0. The molecule has 0 radical (unpaired) electrons. The quantitative estimate of drug-likeness (QED) is 0.679. The first-order chi connectivity index (χ1) is 14.6. The maximum Gasteiger partial charge on any atom is 0.247 e. The van der Waals surface area contributed by atoms with Crippen LogP contribution in [0.25, 0.3) is 0 Å². The van der Waals surface area contributed by atoms with Crippen molar-refractivity contribution in [1.82, 2.24) is 9.21 Å².